The highest BCUT2D eigenvalue weighted by molar-refractivity contribution is 5.71. The summed E-state index contributed by atoms with van der Waals surface area (Å²) >= 11 is 0. The lowest BCUT2D eigenvalue weighted by Crippen LogP contribution is -2.30. The van der Waals surface area contributed by atoms with E-state index < -0.39 is 6.10 Å². The molecule has 83 heavy (non-hydrogen) atoms. The second-order valence-corrected chi connectivity index (χ2v) is 24.1. The molecule has 6 nitrogen and oxygen atoms in total. The Morgan fingerprint density at radius 1 is 0.253 bits per heavy atom. The van der Waals surface area contributed by atoms with Crippen molar-refractivity contribution in [1.29, 1.82) is 0 Å². The highest BCUT2D eigenvalue weighted by Gasteiger charge is 2.19. The zero-order chi connectivity index (χ0) is 59.9. The summed E-state index contributed by atoms with van der Waals surface area (Å²) in [4.78, 5) is 38.2. The second-order valence-electron chi connectivity index (χ2n) is 24.1. The second kappa shape index (κ2) is 71.1. The van der Waals surface area contributed by atoms with Crippen molar-refractivity contribution >= 4 is 17.9 Å². The standard InChI is InChI=1S/C77H136O6/c1-4-7-10-13-16-18-20-22-24-26-28-30-32-34-35-36-37-38-39-40-41-43-44-46-48-50-52-54-56-58-61-64-67-70-76(79)82-73-74(72-81-75(78)69-66-63-60-15-12-9-6-3)83-77(80)71-68-65-62-59-57-55-53-51-49-47-45-42-33-31-29-27-25-23-21-19-17-14-11-8-5-2/h8,11,17,19,23,25,29,31,42,45,49,51,55,57,74H,4-7,9-10,12-16,18,20-22,24,26-28,30,32-41,43-44,46-48,50,52-54,56,58-73H2,1-3H3/b11-8-,19-17-,25-23-,31-29-,45-42-,51-49-,57-55-. The molecule has 0 aliphatic rings. The fraction of sp³-hybridized carbons (Fsp3) is 0.779. The summed E-state index contributed by atoms with van der Waals surface area (Å²) in [6.45, 7) is 6.50. The lowest BCUT2D eigenvalue weighted by atomic mass is 10.0. The summed E-state index contributed by atoms with van der Waals surface area (Å²) in [6.07, 6.45) is 95.2. The largest absolute Gasteiger partial charge is 0.462 e. The molecule has 0 saturated carbocycles. The SMILES string of the molecule is CC/C=C\C/C=C\C/C=C\C/C=C\C/C=C\C/C=C\C/C=C\CCCCCC(=O)OC(COC(=O)CCCCCCCCC)COC(=O)CCCCCCCCCCCCCCCCCCCCCCCCCCCCCCCCCCC. The van der Waals surface area contributed by atoms with Crippen molar-refractivity contribution in [3.05, 3.63) is 85.1 Å². The third-order valence-corrected chi connectivity index (χ3v) is 15.9. The summed E-state index contributed by atoms with van der Waals surface area (Å²) in [5.74, 6) is -0.912. The lowest BCUT2D eigenvalue weighted by molar-refractivity contribution is -0.167. The Hall–Kier alpha value is -3.41. The summed E-state index contributed by atoms with van der Waals surface area (Å²) < 4.78 is 16.8. The molecule has 480 valence electrons. The molecule has 1 unspecified atom stereocenters. The number of allylic oxidation sites excluding steroid dienone is 14. The van der Waals surface area contributed by atoms with Crippen LogP contribution in [-0.4, -0.2) is 37.2 Å². The molecule has 0 fully saturated rings. The van der Waals surface area contributed by atoms with Crippen molar-refractivity contribution in [1.82, 2.24) is 0 Å². The highest BCUT2D eigenvalue weighted by Crippen LogP contribution is 2.18. The molecule has 0 spiro atoms. The van der Waals surface area contributed by atoms with Crippen molar-refractivity contribution in [2.45, 2.75) is 374 Å². The van der Waals surface area contributed by atoms with Crippen molar-refractivity contribution in [2.75, 3.05) is 13.2 Å². The Bertz CT molecular complexity index is 1570. The quantitative estimate of drug-likeness (QED) is 0.0261. The molecule has 0 aliphatic carbocycles. The number of rotatable bonds is 66. The minimum atomic E-state index is -0.792. The fourth-order valence-electron chi connectivity index (χ4n) is 10.5. The Labute approximate surface area is 515 Å². The Kier molecular flexibility index (Phi) is 68.2. The molecule has 0 amide bonds. The molecule has 0 aromatic rings. The van der Waals surface area contributed by atoms with Crippen molar-refractivity contribution in [2.24, 2.45) is 0 Å². The first-order chi connectivity index (χ1) is 41.0. The number of hydrogen-bond donors (Lipinski definition) is 0. The maximum Gasteiger partial charge on any atom is 0.306 e. The lowest BCUT2D eigenvalue weighted by Gasteiger charge is -2.18. The van der Waals surface area contributed by atoms with Crippen LogP contribution in [0, 0.1) is 0 Å². The Morgan fingerprint density at radius 3 is 0.735 bits per heavy atom. The van der Waals surface area contributed by atoms with Crippen LogP contribution < -0.4 is 0 Å². The molecule has 0 radical (unpaired) electrons. The number of carbonyl (C=O) groups excluding carboxylic acids is 3. The smallest absolute Gasteiger partial charge is 0.306 e. The van der Waals surface area contributed by atoms with Crippen molar-refractivity contribution in [3.63, 3.8) is 0 Å². The molecule has 0 rings (SSSR count). The van der Waals surface area contributed by atoms with Gasteiger partial charge in [0.2, 0.25) is 0 Å². The van der Waals surface area contributed by atoms with Gasteiger partial charge in [0.1, 0.15) is 13.2 Å². The molecule has 0 aromatic heterocycles. The first-order valence-corrected chi connectivity index (χ1v) is 36.1. The van der Waals surface area contributed by atoms with Crippen molar-refractivity contribution in [3.8, 4) is 0 Å². The topological polar surface area (TPSA) is 78.9 Å². The fourth-order valence-corrected chi connectivity index (χ4v) is 10.5. The van der Waals surface area contributed by atoms with E-state index in [1.165, 1.54) is 218 Å². The molecule has 0 saturated heterocycles. The monoisotopic (exact) mass is 1160 g/mol. The molecular formula is C77H136O6. The van der Waals surface area contributed by atoms with Crippen LogP contribution in [0.15, 0.2) is 85.1 Å². The summed E-state index contributed by atoms with van der Waals surface area (Å²) in [5.41, 5.74) is 0. The first-order valence-electron chi connectivity index (χ1n) is 36.1. The van der Waals surface area contributed by atoms with E-state index >= 15 is 0 Å². The van der Waals surface area contributed by atoms with Gasteiger partial charge in [0.05, 0.1) is 0 Å². The Balaban J connectivity index is 4.06. The number of unbranched alkanes of at least 4 members (excludes halogenated alkanes) is 41. The van der Waals surface area contributed by atoms with E-state index in [9.17, 15) is 14.4 Å². The molecule has 6 heteroatoms. The van der Waals surface area contributed by atoms with E-state index in [1.807, 2.05) is 0 Å². The van der Waals surface area contributed by atoms with Crippen LogP contribution >= 0.6 is 0 Å². The average molecular weight is 1160 g/mol. The van der Waals surface area contributed by atoms with Gasteiger partial charge < -0.3 is 14.2 Å². The number of esters is 3. The van der Waals surface area contributed by atoms with Gasteiger partial charge in [-0.3, -0.25) is 14.4 Å². The van der Waals surface area contributed by atoms with Gasteiger partial charge in [-0.1, -0.05) is 356 Å². The van der Waals surface area contributed by atoms with Gasteiger partial charge >= 0.3 is 17.9 Å². The normalized spacial score (nSPS) is 12.6. The van der Waals surface area contributed by atoms with Gasteiger partial charge in [-0.15, -0.1) is 0 Å². The van der Waals surface area contributed by atoms with Crippen LogP contribution in [0.4, 0.5) is 0 Å². The van der Waals surface area contributed by atoms with E-state index in [-0.39, 0.29) is 31.1 Å². The highest BCUT2D eigenvalue weighted by atomic mass is 16.6. The minimum absolute atomic E-state index is 0.0868. The maximum atomic E-state index is 12.9. The molecule has 1 atom stereocenters. The van der Waals surface area contributed by atoms with E-state index in [0.29, 0.717) is 19.3 Å². The predicted molar refractivity (Wildman–Crippen MR) is 362 cm³/mol. The average Bonchev–Trinajstić information content (AvgIpc) is 3.50. The predicted octanol–water partition coefficient (Wildman–Crippen LogP) is 25.0. The van der Waals surface area contributed by atoms with Gasteiger partial charge in [0.25, 0.3) is 0 Å². The Morgan fingerprint density at radius 2 is 0.470 bits per heavy atom. The third-order valence-electron chi connectivity index (χ3n) is 15.9. The minimum Gasteiger partial charge on any atom is -0.462 e. The molecule has 0 aromatic carbocycles. The van der Waals surface area contributed by atoms with Crippen LogP contribution in [-0.2, 0) is 28.6 Å². The van der Waals surface area contributed by atoms with Gasteiger partial charge in [-0.05, 0) is 77.0 Å². The van der Waals surface area contributed by atoms with Crippen molar-refractivity contribution < 1.29 is 28.6 Å². The molecule has 0 heterocycles. The van der Waals surface area contributed by atoms with Gasteiger partial charge in [-0.2, -0.15) is 0 Å². The summed E-state index contributed by atoms with van der Waals surface area (Å²) in [7, 11) is 0. The summed E-state index contributed by atoms with van der Waals surface area (Å²) in [5, 5.41) is 0. The van der Waals surface area contributed by atoms with E-state index in [2.05, 4.69) is 106 Å². The zero-order valence-corrected chi connectivity index (χ0v) is 55.2. The van der Waals surface area contributed by atoms with Crippen LogP contribution in [0.1, 0.15) is 367 Å². The van der Waals surface area contributed by atoms with Gasteiger partial charge in [0.15, 0.2) is 6.10 Å². The number of carbonyl (C=O) groups is 3. The number of hydrogen-bond acceptors (Lipinski definition) is 6. The van der Waals surface area contributed by atoms with Gasteiger partial charge in [0, 0.05) is 19.3 Å². The summed E-state index contributed by atoms with van der Waals surface area (Å²) in [6, 6.07) is 0. The van der Waals surface area contributed by atoms with Crippen LogP contribution in [0.25, 0.3) is 0 Å². The van der Waals surface area contributed by atoms with E-state index in [4.69, 9.17) is 14.2 Å². The van der Waals surface area contributed by atoms with Crippen LogP contribution in [0.2, 0.25) is 0 Å². The molecule has 0 aliphatic heterocycles. The third kappa shape index (κ3) is 69.3. The van der Waals surface area contributed by atoms with Crippen LogP contribution in [0.3, 0.4) is 0 Å². The molecular weight excluding hydrogens is 1020 g/mol. The van der Waals surface area contributed by atoms with Gasteiger partial charge in [-0.25, -0.2) is 0 Å². The molecule has 0 bridgehead atoms. The maximum absolute atomic E-state index is 12.9. The van der Waals surface area contributed by atoms with Crippen LogP contribution in [0.5, 0.6) is 0 Å². The first kappa shape index (κ1) is 79.6. The van der Waals surface area contributed by atoms with E-state index in [1.54, 1.807) is 0 Å². The zero-order valence-electron chi connectivity index (χ0n) is 55.2. The molecule has 0 N–H and O–H groups in total. The van der Waals surface area contributed by atoms with E-state index in [0.717, 1.165) is 109 Å². The number of ether oxygens (including phenoxy) is 3.